The number of para-hydroxylation sites is 1. The highest BCUT2D eigenvalue weighted by atomic mass is 35.5. The maximum atomic E-state index is 14.0. The second kappa shape index (κ2) is 9.37. The van der Waals surface area contributed by atoms with E-state index in [0.29, 0.717) is 33.1 Å². The fourth-order valence-corrected chi connectivity index (χ4v) is 3.36. The molecule has 0 unspecified atom stereocenters. The Balaban J connectivity index is 1.82. The van der Waals surface area contributed by atoms with E-state index in [1.54, 1.807) is 43.5 Å². The average molecular weight is 441 g/mol. The Morgan fingerprint density at radius 2 is 1.75 bits per heavy atom. The normalized spacial score (nSPS) is 10.6. The number of ether oxygens (including phenoxy) is 2. The van der Waals surface area contributed by atoms with E-state index in [9.17, 15) is 4.39 Å². The van der Waals surface area contributed by atoms with Crippen molar-refractivity contribution in [3.05, 3.63) is 86.6 Å². The van der Waals surface area contributed by atoms with Crippen molar-refractivity contribution in [2.24, 2.45) is 0 Å². The van der Waals surface area contributed by atoms with Crippen molar-refractivity contribution >= 4 is 40.5 Å². The predicted octanol–water partition coefficient (Wildman–Crippen LogP) is 6.99. The Bertz CT molecular complexity index is 962. The summed E-state index contributed by atoms with van der Waals surface area (Å²) in [5, 5.41) is 4.62. The van der Waals surface area contributed by atoms with Crippen LogP contribution in [0.25, 0.3) is 0 Å². The van der Waals surface area contributed by atoms with Crippen LogP contribution in [0.5, 0.6) is 11.5 Å². The Morgan fingerprint density at radius 1 is 0.964 bits per heavy atom. The topological polar surface area (TPSA) is 30.5 Å². The van der Waals surface area contributed by atoms with Gasteiger partial charge in [-0.05, 0) is 36.4 Å². The summed E-state index contributed by atoms with van der Waals surface area (Å²) in [6.45, 7) is 0.388. The summed E-state index contributed by atoms with van der Waals surface area (Å²) in [4.78, 5) is 0. The maximum Gasteiger partial charge on any atom is 0.166 e. The summed E-state index contributed by atoms with van der Waals surface area (Å²) in [5.41, 5.74) is 1.84. The molecule has 0 saturated carbocycles. The van der Waals surface area contributed by atoms with Gasteiger partial charge in [-0.25, -0.2) is 4.39 Å². The summed E-state index contributed by atoms with van der Waals surface area (Å²) < 4.78 is 25.4. The van der Waals surface area contributed by atoms with Crippen LogP contribution in [-0.4, -0.2) is 7.11 Å². The largest absolute Gasteiger partial charge is 0.493 e. The Morgan fingerprint density at radius 3 is 2.46 bits per heavy atom. The lowest BCUT2D eigenvalue weighted by atomic mass is 10.1. The van der Waals surface area contributed by atoms with E-state index < -0.39 is 5.82 Å². The fraction of sp³-hybridized carbons (Fsp3) is 0.143. The molecule has 0 amide bonds. The van der Waals surface area contributed by atoms with Crippen LogP contribution in [0, 0.1) is 5.82 Å². The summed E-state index contributed by atoms with van der Waals surface area (Å²) in [7, 11) is 1.55. The number of anilines is 1. The van der Waals surface area contributed by atoms with Crippen molar-refractivity contribution in [3.63, 3.8) is 0 Å². The van der Waals surface area contributed by atoms with Gasteiger partial charge in [0, 0.05) is 22.7 Å². The number of nitrogens with one attached hydrogen (secondary N) is 1. The molecule has 0 fully saturated rings. The highest BCUT2D eigenvalue weighted by Gasteiger charge is 2.14. The van der Waals surface area contributed by atoms with Gasteiger partial charge in [-0.15, -0.1) is 0 Å². The van der Waals surface area contributed by atoms with E-state index in [2.05, 4.69) is 5.32 Å². The lowest BCUT2D eigenvalue weighted by Gasteiger charge is -2.17. The van der Waals surface area contributed by atoms with Gasteiger partial charge in [0.25, 0.3) is 0 Å². The van der Waals surface area contributed by atoms with Crippen molar-refractivity contribution in [1.82, 2.24) is 0 Å². The molecule has 1 N–H and O–H groups in total. The molecule has 0 aliphatic rings. The quantitative estimate of drug-likeness (QED) is 0.429. The Hall–Kier alpha value is -2.14. The van der Waals surface area contributed by atoms with Crippen LogP contribution in [0.1, 0.15) is 11.1 Å². The number of hydrogen-bond donors (Lipinski definition) is 1. The molecule has 3 aromatic rings. The van der Waals surface area contributed by atoms with E-state index >= 15 is 0 Å². The average Bonchev–Trinajstić information content (AvgIpc) is 2.67. The molecule has 3 rings (SSSR count). The van der Waals surface area contributed by atoms with Crippen LogP contribution >= 0.6 is 34.8 Å². The second-order valence-electron chi connectivity index (χ2n) is 5.92. The lowest BCUT2D eigenvalue weighted by molar-refractivity contribution is 0.277. The molecular weight excluding hydrogens is 424 g/mol. The van der Waals surface area contributed by atoms with Gasteiger partial charge >= 0.3 is 0 Å². The third kappa shape index (κ3) is 4.82. The summed E-state index contributed by atoms with van der Waals surface area (Å²) >= 11 is 18.2. The van der Waals surface area contributed by atoms with Crippen molar-refractivity contribution in [1.29, 1.82) is 0 Å². The fourth-order valence-electron chi connectivity index (χ4n) is 2.66. The molecule has 0 heterocycles. The monoisotopic (exact) mass is 439 g/mol. The highest BCUT2D eigenvalue weighted by molar-refractivity contribution is 6.36. The zero-order valence-electron chi connectivity index (χ0n) is 14.9. The number of halogens is 4. The van der Waals surface area contributed by atoms with Gasteiger partial charge in [0.15, 0.2) is 11.5 Å². The number of rotatable bonds is 7. The molecule has 3 aromatic carbocycles. The molecule has 0 atom stereocenters. The Kier molecular flexibility index (Phi) is 6.89. The van der Waals surface area contributed by atoms with Crippen LogP contribution in [0.2, 0.25) is 15.1 Å². The van der Waals surface area contributed by atoms with Crippen molar-refractivity contribution in [3.8, 4) is 11.5 Å². The molecule has 0 aliphatic heterocycles. The van der Waals surface area contributed by atoms with E-state index in [0.717, 1.165) is 11.3 Å². The second-order valence-corrected chi connectivity index (χ2v) is 7.17. The van der Waals surface area contributed by atoms with Gasteiger partial charge in [0.1, 0.15) is 12.4 Å². The van der Waals surface area contributed by atoms with Crippen LogP contribution in [0.3, 0.4) is 0 Å². The van der Waals surface area contributed by atoms with E-state index in [-0.39, 0.29) is 12.2 Å². The molecule has 3 nitrogen and oxygen atoms in total. The smallest absolute Gasteiger partial charge is 0.166 e. The van der Waals surface area contributed by atoms with Crippen LogP contribution in [0.4, 0.5) is 10.1 Å². The number of hydrogen-bond acceptors (Lipinski definition) is 3. The van der Waals surface area contributed by atoms with Gasteiger partial charge in [-0.1, -0.05) is 53.0 Å². The molecule has 0 spiro atoms. The molecular formula is C21H17Cl3FNO2. The summed E-state index contributed by atoms with van der Waals surface area (Å²) in [6.07, 6.45) is 0. The zero-order valence-corrected chi connectivity index (χ0v) is 17.2. The minimum atomic E-state index is -0.421. The third-order valence-electron chi connectivity index (χ3n) is 4.10. The molecule has 0 saturated heterocycles. The van der Waals surface area contributed by atoms with E-state index in [1.165, 1.54) is 6.07 Å². The van der Waals surface area contributed by atoms with E-state index in [4.69, 9.17) is 44.3 Å². The highest BCUT2D eigenvalue weighted by Crippen LogP contribution is 2.34. The van der Waals surface area contributed by atoms with Gasteiger partial charge in [0.2, 0.25) is 0 Å². The van der Waals surface area contributed by atoms with Gasteiger partial charge in [-0.2, -0.15) is 0 Å². The first-order chi connectivity index (χ1) is 13.5. The molecule has 28 heavy (non-hydrogen) atoms. The molecule has 0 radical (unpaired) electrons. The standard InChI is InChI=1S/C21H17Cl3FNO2/c1-27-20-7-2-4-13(11-26-19-9-8-14(22)10-17(19)24)21(20)28-12-15-16(23)5-3-6-18(15)25/h2-10,26H,11-12H2,1H3. The minimum absolute atomic E-state index is 0.0272. The molecule has 0 bridgehead atoms. The van der Waals surface area contributed by atoms with Crippen molar-refractivity contribution in [2.45, 2.75) is 13.2 Å². The number of methoxy groups -OCH3 is 1. The van der Waals surface area contributed by atoms with Crippen molar-refractivity contribution in [2.75, 3.05) is 12.4 Å². The maximum absolute atomic E-state index is 14.0. The molecule has 0 aromatic heterocycles. The minimum Gasteiger partial charge on any atom is -0.493 e. The molecule has 0 aliphatic carbocycles. The number of benzene rings is 3. The zero-order chi connectivity index (χ0) is 20.1. The van der Waals surface area contributed by atoms with Crippen LogP contribution in [-0.2, 0) is 13.2 Å². The Labute approximate surface area is 177 Å². The van der Waals surface area contributed by atoms with Gasteiger partial charge < -0.3 is 14.8 Å². The molecule has 146 valence electrons. The third-order valence-corrected chi connectivity index (χ3v) is 5.01. The lowest BCUT2D eigenvalue weighted by Crippen LogP contribution is -2.06. The SMILES string of the molecule is COc1cccc(CNc2ccc(Cl)cc2Cl)c1OCc1c(F)cccc1Cl. The van der Waals surface area contributed by atoms with Gasteiger partial charge in [-0.3, -0.25) is 0 Å². The predicted molar refractivity (Wildman–Crippen MR) is 113 cm³/mol. The first-order valence-electron chi connectivity index (χ1n) is 8.40. The summed E-state index contributed by atoms with van der Waals surface area (Å²) in [6, 6.07) is 15.2. The first kappa shape index (κ1) is 20.6. The van der Waals surface area contributed by atoms with Crippen LogP contribution in [0.15, 0.2) is 54.6 Å². The van der Waals surface area contributed by atoms with Crippen molar-refractivity contribution < 1.29 is 13.9 Å². The first-order valence-corrected chi connectivity index (χ1v) is 9.53. The van der Waals surface area contributed by atoms with Crippen LogP contribution < -0.4 is 14.8 Å². The van der Waals surface area contributed by atoms with E-state index in [1.807, 2.05) is 12.1 Å². The van der Waals surface area contributed by atoms with Gasteiger partial charge in [0.05, 0.1) is 22.8 Å². The summed E-state index contributed by atoms with van der Waals surface area (Å²) in [5.74, 6) is 0.617. The molecule has 7 heteroatoms.